The lowest BCUT2D eigenvalue weighted by Gasteiger charge is -2.29. The predicted molar refractivity (Wildman–Crippen MR) is 105 cm³/mol. The van der Waals surface area contributed by atoms with Crippen molar-refractivity contribution in [3.63, 3.8) is 0 Å². The lowest BCUT2D eigenvalue weighted by molar-refractivity contribution is -0.113. The van der Waals surface area contributed by atoms with E-state index >= 15 is 0 Å². The molecule has 0 saturated heterocycles. The highest BCUT2D eigenvalue weighted by molar-refractivity contribution is 6.42. The van der Waals surface area contributed by atoms with Gasteiger partial charge in [0, 0.05) is 5.70 Å². The quantitative estimate of drug-likeness (QED) is 0.710. The first-order chi connectivity index (χ1) is 12.9. The Morgan fingerprint density at radius 3 is 2.63 bits per heavy atom. The number of benzene rings is 2. The van der Waals surface area contributed by atoms with Gasteiger partial charge >= 0.3 is 6.03 Å². The van der Waals surface area contributed by atoms with Gasteiger partial charge in [-0.15, -0.1) is 0 Å². The first-order valence-electron chi connectivity index (χ1n) is 8.09. The Morgan fingerprint density at radius 2 is 1.89 bits per heavy atom. The van der Waals surface area contributed by atoms with Crippen molar-refractivity contribution < 1.29 is 14.3 Å². The summed E-state index contributed by atoms with van der Waals surface area (Å²) in [7, 11) is 1.52. The number of hydrogen-bond donors (Lipinski definition) is 3. The number of methoxy groups -OCH3 is 1. The summed E-state index contributed by atoms with van der Waals surface area (Å²) in [6.45, 7) is 1.65. The molecule has 3 amide bonds. The number of hydrogen-bond acceptors (Lipinski definition) is 3. The summed E-state index contributed by atoms with van der Waals surface area (Å²) in [5.41, 5.74) is 1.79. The van der Waals surface area contributed by atoms with Gasteiger partial charge in [0.25, 0.3) is 5.91 Å². The van der Waals surface area contributed by atoms with Gasteiger partial charge < -0.3 is 20.7 Å². The Morgan fingerprint density at radius 1 is 1.15 bits per heavy atom. The zero-order valence-corrected chi connectivity index (χ0v) is 16.1. The van der Waals surface area contributed by atoms with Crippen LogP contribution in [-0.4, -0.2) is 19.0 Å². The van der Waals surface area contributed by atoms with E-state index in [9.17, 15) is 9.59 Å². The Labute approximate surface area is 166 Å². The van der Waals surface area contributed by atoms with Crippen molar-refractivity contribution in [3.05, 3.63) is 69.3 Å². The van der Waals surface area contributed by atoms with Crippen LogP contribution in [0.3, 0.4) is 0 Å². The standard InChI is InChI=1S/C19H17Cl2N3O3/c1-10-15(18(25)23-13-8-3-4-9-14(13)27-2)17(24-19(26)22-10)11-6-5-7-12(20)16(11)21/h3-9,17H,1-2H3,(H,23,25)(H2,22,24,26)/t17-/m0/s1. The molecule has 0 saturated carbocycles. The molecule has 6 nitrogen and oxygen atoms in total. The highest BCUT2D eigenvalue weighted by Crippen LogP contribution is 2.36. The Bertz CT molecular complexity index is 944. The van der Waals surface area contributed by atoms with Crippen molar-refractivity contribution in [2.45, 2.75) is 13.0 Å². The number of urea groups is 1. The highest BCUT2D eigenvalue weighted by Gasteiger charge is 2.33. The third-order valence-electron chi connectivity index (χ3n) is 4.16. The molecule has 0 aliphatic carbocycles. The zero-order chi connectivity index (χ0) is 19.6. The fraction of sp³-hybridized carbons (Fsp3) is 0.158. The summed E-state index contributed by atoms with van der Waals surface area (Å²) in [5, 5.41) is 8.79. The maximum atomic E-state index is 13.0. The minimum atomic E-state index is -0.750. The van der Waals surface area contributed by atoms with Crippen LogP contribution >= 0.6 is 23.2 Å². The molecular weight excluding hydrogens is 389 g/mol. The summed E-state index contributed by atoms with van der Waals surface area (Å²) >= 11 is 12.4. The second-order valence-corrected chi connectivity index (χ2v) is 6.65. The number of carbonyl (C=O) groups excluding carboxylic acids is 2. The van der Waals surface area contributed by atoms with Crippen LogP contribution in [0.25, 0.3) is 0 Å². The average Bonchev–Trinajstić information content (AvgIpc) is 2.63. The van der Waals surface area contributed by atoms with Gasteiger partial charge in [-0.25, -0.2) is 4.79 Å². The van der Waals surface area contributed by atoms with Crippen molar-refractivity contribution >= 4 is 40.8 Å². The van der Waals surface area contributed by atoms with E-state index in [0.29, 0.717) is 33.3 Å². The third kappa shape index (κ3) is 3.86. The van der Waals surface area contributed by atoms with Crippen LogP contribution in [0.15, 0.2) is 53.7 Å². The van der Waals surface area contributed by atoms with Gasteiger partial charge in [-0.2, -0.15) is 0 Å². The second-order valence-electron chi connectivity index (χ2n) is 5.87. The highest BCUT2D eigenvalue weighted by atomic mass is 35.5. The smallest absolute Gasteiger partial charge is 0.319 e. The van der Waals surface area contributed by atoms with Gasteiger partial charge in [0.1, 0.15) is 5.75 Å². The van der Waals surface area contributed by atoms with E-state index in [-0.39, 0.29) is 5.02 Å². The van der Waals surface area contributed by atoms with E-state index in [2.05, 4.69) is 16.0 Å². The van der Waals surface area contributed by atoms with Crippen molar-refractivity contribution in [2.75, 3.05) is 12.4 Å². The molecule has 8 heteroatoms. The average molecular weight is 406 g/mol. The van der Waals surface area contributed by atoms with Crippen molar-refractivity contribution in [1.29, 1.82) is 0 Å². The topological polar surface area (TPSA) is 79.5 Å². The molecule has 0 spiro atoms. The molecule has 3 rings (SSSR count). The predicted octanol–water partition coefficient (Wildman–Crippen LogP) is 4.27. The maximum Gasteiger partial charge on any atom is 0.319 e. The van der Waals surface area contributed by atoms with E-state index in [1.54, 1.807) is 49.4 Å². The molecule has 1 aliphatic rings. The number of rotatable bonds is 4. The van der Waals surface area contributed by atoms with Crippen LogP contribution in [0, 0.1) is 0 Å². The molecule has 0 aromatic heterocycles. The number of halogens is 2. The Hall–Kier alpha value is -2.70. The number of allylic oxidation sites excluding steroid dienone is 1. The van der Waals surface area contributed by atoms with Crippen LogP contribution in [0.4, 0.5) is 10.5 Å². The SMILES string of the molecule is COc1ccccc1NC(=O)C1=C(C)NC(=O)N[C@H]1c1cccc(Cl)c1Cl. The minimum absolute atomic E-state index is 0.279. The molecule has 0 unspecified atom stereocenters. The summed E-state index contributed by atoms with van der Waals surface area (Å²) < 4.78 is 5.27. The molecule has 27 heavy (non-hydrogen) atoms. The maximum absolute atomic E-state index is 13.0. The van der Waals surface area contributed by atoms with Crippen molar-refractivity contribution in [2.24, 2.45) is 0 Å². The largest absolute Gasteiger partial charge is 0.495 e. The van der Waals surface area contributed by atoms with Crippen LogP contribution in [0.1, 0.15) is 18.5 Å². The zero-order valence-electron chi connectivity index (χ0n) is 14.6. The van der Waals surface area contributed by atoms with Gasteiger partial charge in [0.15, 0.2) is 0 Å². The number of nitrogens with one attached hydrogen (secondary N) is 3. The normalized spacial score (nSPS) is 16.4. The van der Waals surface area contributed by atoms with E-state index in [1.807, 2.05) is 0 Å². The van der Waals surface area contributed by atoms with E-state index in [4.69, 9.17) is 27.9 Å². The summed E-state index contributed by atoms with van der Waals surface area (Å²) in [5.74, 6) is 0.125. The van der Waals surface area contributed by atoms with Gasteiger partial charge in [0.2, 0.25) is 0 Å². The molecule has 0 radical (unpaired) electrons. The lowest BCUT2D eigenvalue weighted by Crippen LogP contribution is -2.46. The van der Waals surface area contributed by atoms with Crippen LogP contribution in [-0.2, 0) is 4.79 Å². The molecule has 140 valence electrons. The molecule has 0 bridgehead atoms. The summed E-state index contributed by atoms with van der Waals surface area (Å²) in [6.07, 6.45) is 0. The summed E-state index contributed by atoms with van der Waals surface area (Å²) in [6, 6.07) is 10.9. The summed E-state index contributed by atoms with van der Waals surface area (Å²) in [4.78, 5) is 25.0. The van der Waals surface area contributed by atoms with Crippen molar-refractivity contribution in [1.82, 2.24) is 10.6 Å². The fourth-order valence-corrected chi connectivity index (χ4v) is 3.33. The van der Waals surface area contributed by atoms with Crippen molar-refractivity contribution in [3.8, 4) is 5.75 Å². The molecule has 2 aromatic rings. The molecule has 2 aromatic carbocycles. The molecule has 1 heterocycles. The number of anilines is 1. The van der Waals surface area contributed by atoms with Crippen LogP contribution in [0.5, 0.6) is 5.75 Å². The van der Waals surface area contributed by atoms with E-state index < -0.39 is 18.0 Å². The Balaban J connectivity index is 2.01. The minimum Gasteiger partial charge on any atom is -0.495 e. The number of amides is 3. The monoisotopic (exact) mass is 405 g/mol. The van der Waals surface area contributed by atoms with Crippen LogP contribution < -0.4 is 20.7 Å². The fourth-order valence-electron chi connectivity index (χ4n) is 2.91. The number of para-hydroxylation sites is 2. The first-order valence-corrected chi connectivity index (χ1v) is 8.84. The van der Waals surface area contributed by atoms with Crippen LogP contribution in [0.2, 0.25) is 10.0 Å². The molecule has 1 atom stereocenters. The Kier molecular flexibility index (Phi) is 5.58. The first kappa shape index (κ1) is 19.1. The molecule has 0 fully saturated rings. The number of carbonyl (C=O) groups is 2. The van der Waals surface area contributed by atoms with Gasteiger partial charge in [-0.3, -0.25) is 4.79 Å². The van der Waals surface area contributed by atoms with Gasteiger partial charge in [-0.05, 0) is 30.7 Å². The van der Waals surface area contributed by atoms with E-state index in [0.717, 1.165) is 0 Å². The van der Waals surface area contributed by atoms with E-state index in [1.165, 1.54) is 7.11 Å². The molecule has 1 aliphatic heterocycles. The second kappa shape index (κ2) is 7.90. The van der Waals surface area contributed by atoms with Gasteiger partial charge in [0.05, 0.1) is 34.5 Å². The third-order valence-corrected chi connectivity index (χ3v) is 4.99. The molecule has 3 N–H and O–H groups in total. The molecular formula is C19H17Cl2N3O3. The van der Waals surface area contributed by atoms with Gasteiger partial charge in [-0.1, -0.05) is 47.5 Å². The number of ether oxygens (including phenoxy) is 1. The lowest BCUT2D eigenvalue weighted by atomic mass is 9.94.